The molecule has 0 radical (unpaired) electrons. The summed E-state index contributed by atoms with van der Waals surface area (Å²) in [5.74, 6) is -0.338. The molecule has 0 aliphatic carbocycles. The predicted molar refractivity (Wildman–Crippen MR) is 107 cm³/mol. The minimum absolute atomic E-state index is 0.0157. The highest BCUT2D eigenvalue weighted by Gasteiger charge is 2.17. The summed E-state index contributed by atoms with van der Waals surface area (Å²) in [4.78, 5) is 35.7. The maximum absolute atomic E-state index is 12.1. The van der Waals surface area contributed by atoms with E-state index in [1.165, 1.54) is 7.11 Å². The van der Waals surface area contributed by atoms with Crippen molar-refractivity contribution >= 4 is 17.7 Å². The van der Waals surface area contributed by atoms with Gasteiger partial charge < -0.3 is 14.8 Å². The number of hydrazine groups is 1. The van der Waals surface area contributed by atoms with Crippen molar-refractivity contribution in [3.05, 3.63) is 60.2 Å². The number of benzene rings is 2. The first-order valence-corrected chi connectivity index (χ1v) is 9.18. The molecule has 0 aromatic heterocycles. The van der Waals surface area contributed by atoms with Gasteiger partial charge in [-0.3, -0.25) is 25.2 Å². The van der Waals surface area contributed by atoms with E-state index in [0.29, 0.717) is 18.0 Å². The van der Waals surface area contributed by atoms with Crippen LogP contribution in [0.1, 0.15) is 25.3 Å². The van der Waals surface area contributed by atoms with Gasteiger partial charge in [-0.1, -0.05) is 42.5 Å². The Morgan fingerprint density at radius 1 is 0.862 bits per heavy atom. The van der Waals surface area contributed by atoms with Crippen LogP contribution in [0.25, 0.3) is 0 Å². The van der Waals surface area contributed by atoms with E-state index < -0.39 is 17.9 Å². The molecule has 3 N–H and O–H groups in total. The number of hydrogen-bond donors (Lipinski definition) is 3. The smallest absolute Gasteiger partial charge is 0.279 e. The SMILES string of the molecule is COc1ccccc1OC(C)C(=O)NNC(=O)CCC(=O)NCc1ccccc1. The van der Waals surface area contributed by atoms with Crippen LogP contribution in [0.3, 0.4) is 0 Å². The lowest BCUT2D eigenvalue weighted by Gasteiger charge is -2.16. The first-order valence-electron chi connectivity index (χ1n) is 9.18. The highest BCUT2D eigenvalue weighted by Crippen LogP contribution is 2.26. The summed E-state index contributed by atoms with van der Waals surface area (Å²) in [6.45, 7) is 1.95. The third kappa shape index (κ3) is 7.53. The summed E-state index contributed by atoms with van der Waals surface area (Å²) in [7, 11) is 1.50. The Morgan fingerprint density at radius 3 is 2.17 bits per heavy atom. The van der Waals surface area contributed by atoms with Crippen molar-refractivity contribution in [2.24, 2.45) is 0 Å². The number of methoxy groups -OCH3 is 1. The minimum atomic E-state index is -0.860. The third-order valence-electron chi connectivity index (χ3n) is 3.98. The number of amides is 3. The molecule has 2 aromatic rings. The van der Waals surface area contributed by atoms with Crippen LogP contribution in [-0.2, 0) is 20.9 Å². The summed E-state index contributed by atoms with van der Waals surface area (Å²) in [6.07, 6.45) is -0.898. The largest absolute Gasteiger partial charge is 0.493 e. The van der Waals surface area contributed by atoms with E-state index in [9.17, 15) is 14.4 Å². The Morgan fingerprint density at radius 2 is 1.48 bits per heavy atom. The first-order chi connectivity index (χ1) is 14.0. The summed E-state index contributed by atoms with van der Waals surface area (Å²) in [6, 6.07) is 16.4. The molecule has 0 heterocycles. The van der Waals surface area contributed by atoms with Crippen molar-refractivity contribution in [1.82, 2.24) is 16.2 Å². The lowest BCUT2D eigenvalue weighted by Crippen LogP contribution is -2.47. The summed E-state index contributed by atoms with van der Waals surface area (Å²) in [5.41, 5.74) is 5.54. The monoisotopic (exact) mass is 399 g/mol. The van der Waals surface area contributed by atoms with Crippen LogP contribution in [0, 0.1) is 0 Å². The topological polar surface area (TPSA) is 106 Å². The fourth-order valence-corrected chi connectivity index (χ4v) is 2.37. The molecule has 0 saturated heterocycles. The van der Waals surface area contributed by atoms with Crippen LogP contribution < -0.4 is 25.6 Å². The summed E-state index contributed by atoms with van der Waals surface area (Å²) in [5, 5.41) is 2.74. The number of ether oxygens (including phenoxy) is 2. The maximum atomic E-state index is 12.1. The van der Waals surface area contributed by atoms with Gasteiger partial charge >= 0.3 is 0 Å². The van der Waals surface area contributed by atoms with Gasteiger partial charge in [0.2, 0.25) is 11.8 Å². The molecule has 0 saturated carbocycles. The zero-order chi connectivity index (χ0) is 21.1. The maximum Gasteiger partial charge on any atom is 0.279 e. The van der Waals surface area contributed by atoms with Crippen molar-refractivity contribution in [3.63, 3.8) is 0 Å². The molecule has 154 valence electrons. The van der Waals surface area contributed by atoms with Gasteiger partial charge in [0, 0.05) is 19.4 Å². The van der Waals surface area contributed by atoms with Crippen LogP contribution >= 0.6 is 0 Å². The number of carbonyl (C=O) groups is 3. The quantitative estimate of drug-likeness (QED) is 0.557. The van der Waals surface area contributed by atoms with Gasteiger partial charge in [0.15, 0.2) is 17.6 Å². The van der Waals surface area contributed by atoms with Gasteiger partial charge in [0.1, 0.15) is 0 Å². The average Bonchev–Trinajstić information content (AvgIpc) is 2.75. The molecule has 1 unspecified atom stereocenters. The number of hydrogen-bond acceptors (Lipinski definition) is 5. The third-order valence-corrected chi connectivity index (χ3v) is 3.98. The molecule has 8 nitrogen and oxygen atoms in total. The molecule has 0 bridgehead atoms. The number of carbonyl (C=O) groups excluding carboxylic acids is 3. The van der Waals surface area contributed by atoms with Crippen molar-refractivity contribution in [1.29, 1.82) is 0 Å². The molecular weight excluding hydrogens is 374 g/mol. The van der Waals surface area contributed by atoms with Gasteiger partial charge in [-0.15, -0.1) is 0 Å². The second-order valence-corrected chi connectivity index (χ2v) is 6.21. The van der Waals surface area contributed by atoms with Crippen molar-refractivity contribution in [2.45, 2.75) is 32.4 Å². The van der Waals surface area contributed by atoms with E-state index in [-0.39, 0.29) is 18.7 Å². The number of nitrogens with one attached hydrogen (secondary N) is 3. The molecule has 8 heteroatoms. The van der Waals surface area contributed by atoms with Crippen LogP contribution in [0.2, 0.25) is 0 Å². The van der Waals surface area contributed by atoms with E-state index in [2.05, 4.69) is 16.2 Å². The highest BCUT2D eigenvalue weighted by atomic mass is 16.5. The second-order valence-electron chi connectivity index (χ2n) is 6.21. The van der Waals surface area contributed by atoms with E-state index in [1.54, 1.807) is 31.2 Å². The van der Waals surface area contributed by atoms with Gasteiger partial charge in [0.05, 0.1) is 7.11 Å². The molecule has 0 fully saturated rings. The van der Waals surface area contributed by atoms with Crippen molar-refractivity contribution in [2.75, 3.05) is 7.11 Å². The molecule has 0 aliphatic rings. The molecule has 1 atom stereocenters. The lowest BCUT2D eigenvalue weighted by atomic mass is 10.2. The first kappa shape index (κ1) is 21.7. The van der Waals surface area contributed by atoms with Crippen LogP contribution in [0.15, 0.2) is 54.6 Å². The second kappa shape index (κ2) is 11.3. The molecule has 2 rings (SSSR count). The Bertz CT molecular complexity index is 826. The molecule has 2 aromatic carbocycles. The standard InChI is InChI=1S/C21H25N3O5/c1-15(29-18-11-7-6-10-17(18)28-2)21(27)24-23-20(26)13-12-19(25)22-14-16-8-4-3-5-9-16/h3-11,15H,12-14H2,1-2H3,(H,22,25)(H,23,26)(H,24,27). The predicted octanol–water partition coefficient (Wildman–Crippen LogP) is 1.71. The van der Waals surface area contributed by atoms with Gasteiger partial charge in [-0.25, -0.2) is 0 Å². The fourth-order valence-electron chi connectivity index (χ4n) is 2.37. The van der Waals surface area contributed by atoms with Crippen molar-refractivity contribution in [3.8, 4) is 11.5 Å². The molecule has 0 spiro atoms. The molecule has 3 amide bonds. The van der Waals surface area contributed by atoms with Gasteiger partial charge in [-0.2, -0.15) is 0 Å². The Balaban J connectivity index is 1.67. The summed E-state index contributed by atoms with van der Waals surface area (Å²) < 4.78 is 10.7. The molecule has 0 aliphatic heterocycles. The lowest BCUT2D eigenvalue weighted by molar-refractivity contribution is -0.133. The number of rotatable bonds is 9. The normalized spacial score (nSPS) is 11.1. The van der Waals surface area contributed by atoms with E-state index >= 15 is 0 Å². The Hall–Kier alpha value is -3.55. The Kier molecular flexibility index (Phi) is 8.50. The van der Waals surface area contributed by atoms with Gasteiger partial charge in [-0.05, 0) is 24.6 Å². The Labute approximate surface area is 169 Å². The zero-order valence-electron chi connectivity index (χ0n) is 16.4. The van der Waals surface area contributed by atoms with E-state index in [1.807, 2.05) is 30.3 Å². The summed E-state index contributed by atoms with van der Waals surface area (Å²) >= 11 is 0. The average molecular weight is 399 g/mol. The number of para-hydroxylation sites is 2. The van der Waals surface area contributed by atoms with E-state index in [0.717, 1.165) is 5.56 Å². The minimum Gasteiger partial charge on any atom is -0.493 e. The fraction of sp³-hybridized carbons (Fsp3) is 0.286. The zero-order valence-corrected chi connectivity index (χ0v) is 16.4. The van der Waals surface area contributed by atoms with Gasteiger partial charge in [0.25, 0.3) is 5.91 Å². The van der Waals surface area contributed by atoms with E-state index in [4.69, 9.17) is 9.47 Å². The van der Waals surface area contributed by atoms with Crippen LogP contribution in [0.5, 0.6) is 11.5 Å². The van der Waals surface area contributed by atoms with Crippen molar-refractivity contribution < 1.29 is 23.9 Å². The molecular formula is C21H25N3O5. The highest BCUT2D eigenvalue weighted by molar-refractivity contribution is 5.87. The van der Waals surface area contributed by atoms with Crippen LogP contribution in [0.4, 0.5) is 0 Å². The molecule has 29 heavy (non-hydrogen) atoms. The van der Waals surface area contributed by atoms with Crippen LogP contribution in [-0.4, -0.2) is 30.9 Å².